The number of hydrogen-bond donors (Lipinski definition) is 0. The molecule has 0 aromatic heterocycles. The van der Waals surface area contributed by atoms with Crippen LogP contribution in [-0.4, -0.2) is 26.9 Å². The molecule has 0 saturated heterocycles. The smallest absolute Gasteiger partial charge is 0.250 e. The van der Waals surface area contributed by atoms with E-state index >= 15 is 0 Å². The molecule has 0 amide bonds. The molecule has 36 heavy (non-hydrogen) atoms. The van der Waals surface area contributed by atoms with Crippen molar-refractivity contribution in [3.8, 4) is 16.9 Å². The van der Waals surface area contributed by atoms with Gasteiger partial charge in [0.25, 0.3) is 8.32 Å². The van der Waals surface area contributed by atoms with Gasteiger partial charge in [-0.25, -0.2) is 4.99 Å². The SMILES string of the molecule is CC(C)[C@H]1COC(c2ccc3ccccc3c2-c2c(O[Si](C)(C)C(C)(C)C)ccc3ccccc23)=N1. The predicted octanol–water partition coefficient (Wildman–Crippen LogP) is 8.85. The van der Waals surface area contributed by atoms with E-state index in [0.29, 0.717) is 12.5 Å². The number of fused-ring (bicyclic) bond motifs is 2. The average Bonchev–Trinajstić information content (AvgIpc) is 3.33. The van der Waals surface area contributed by atoms with Crippen LogP contribution in [0.3, 0.4) is 0 Å². The van der Waals surface area contributed by atoms with Crippen molar-refractivity contribution in [2.24, 2.45) is 10.9 Å². The van der Waals surface area contributed by atoms with Gasteiger partial charge in [0.15, 0.2) is 0 Å². The minimum atomic E-state index is -2.10. The maximum absolute atomic E-state index is 7.04. The van der Waals surface area contributed by atoms with Crippen molar-refractivity contribution in [3.63, 3.8) is 0 Å². The molecular weight excluding hydrogens is 458 g/mol. The van der Waals surface area contributed by atoms with Crippen LogP contribution in [0.5, 0.6) is 5.75 Å². The van der Waals surface area contributed by atoms with Gasteiger partial charge in [-0.15, -0.1) is 0 Å². The Morgan fingerprint density at radius 2 is 1.42 bits per heavy atom. The van der Waals surface area contributed by atoms with Gasteiger partial charge in [0, 0.05) is 16.7 Å². The van der Waals surface area contributed by atoms with Gasteiger partial charge in [-0.1, -0.05) is 95.3 Å². The van der Waals surface area contributed by atoms with Gasteiger partial charge in [-0.05, 0) is 57.7 Å². The van der Waals surface area contributed by atoms with Gasteiger partial charge in [0.05, 0.1) is 6.04 Å². The predicted molar refractivity (Wildman–Crippen MR) is 156 cm³/mol. The fourth-order valence-corrected chi connectivity index (χ4v) is 5.65. The molecule has 4 aromatic carbocycles. The van der Waals surface area contributed by atoms with Gasteiger partial charge >= 0.3 is 0 Å². The molecule has 0 saturated carbocycles. The molecule has 4 aromatic rings. The molecule has 1 aliphatic rings. The summed E-state index contributed by atoms with van der Waals surface area (Å²) in [6.07, 6.45) is 0. The first-order chi connectivity index (χ1) is 17.1. The van der Waals surface area contributed by atoms with E-state index in [-0.39, 0.29) is 11.1 Å². The Morgan fingerprint density at radius 1 is 0.833 bits per heavy atom. The number of hydrogen-bond acceptors (Lipinski definition) is 3. The van der Waals surface area contributed by atoms with Crippen LogP contribution in [0.1, 0.15) is 40.2 Å². The third-order valence-corrected chi connectivity index (χ3v) is 12.3. The molecule has 0 radical (unpaired) electrons. The minimum Gasteiger partial charge on any atom is -0.543 e. The first-order valence-corrected chi connectivity index (χ1v) is 15.9. The first-order valence-electron chi connectivity index (χ1n) is 13.0. The van der Waals surface area contributed by atoms with Crippen LogP contribution >= 0.6 is 0 Å². The van der Waals surface area contributed by atoms with Crippen LogP contribution in [-0.2, 0) is 4.74 Å². The summed E-state index contributed by atoms with van der Waals surface area (Å²) in [5, 5.41) is 4.85. The molecule has 186 valence electrons. The lowest BCUT2D eigenvalue weighted by molar-refractivity contribution is 0.292. The zero-order valence-electron chi connectivity index (χ0n) is 22.6. The van der Waals surface area contributed by atoms with Gasteiger partial charge in [-0.3, -0.25) is 0 Å². The van der Waals surface area contributed by atoms with Crippen LogP contribution in [0.2, 0.25) is 18.1 Å². The summed E-state index contributed by atoms with van der Waals surface area (Å²) >= 11 is 0. The van der Waals surface area contributed by atoms with Crippen molar-refractivity contribution in [1.82, 2.24) is 0 Å². The molecule has 5 rings (SSSR count). The van der Waals surface area contributed by atoms with E-state index in [4.69, 9.17) is 14.2 Å². The summed E-state index contributed by atoms with van der Waals surface area (Å²) in [5.74, 6) is 2.11. The van der Waals surface area contributed by atoms with E-state index in [1.54, 1.807) is 0 Å². The van der Waals surface area contributed by atoms with E-state index in [1.165, 1.54) is 21.5 Å². The first kappa shape index (κ1) is 24.6. The van der Waals surface area contributed by atoms with Crippen molar-refractivity contribution in [1.29, 1.82) is 0 Å². The lowest BCUT2D eigenvalue weighted by Gasteiger charge is -2.37. The maximum Gasteiger partial charge on any atom is 0.250 e. The zero-order valence-corrected chi connectivity index (χ0v) is 23.6. The molecule has 1 heterocycles. The lowest BCUT2D eigenvalue weighted by Crippen LogP contribution is -2.44. The van der Waals surface area contributed by atoms with Gasteiger partial charge in [0.2, 0.25) is 5.90 Å². The number of aliphatic imine (C=N–C) groups is 1. The Hall–Kier alpha value is -3.11. The second-order valence-corrected chi connectivity index (χ2v) is 16.5. The monoisotopic (exact) mass is 495 g/mol. The summed E-state index contributed by atoms with van der Waals surface area (Å²) in [4.78, 5) is 5.04. The fourth-order valence-electron chi connectivity index (χ4n) is 4.62. The van der Waals surface area contributed by atoms with E-state index < -0.39 is 8.32 Å². The lowest BCUT2D eigenvalue weighted by atomic mass is 9.89. The molecule has 0 aliphatic carbocycles. The number of benzene rings is 4. The van der Waals surface area contributed by atoms with Crippen LogP contribution < -0.4 is 4.43 Å². The van der Waals surface area contributed by atoms with Crippen LogP contribution in [0.25, 0.3) is 32.7 Å². The van der Waals surface area contributed by atoms with Gasteiger partial charge in [0.1, 0.15) is 12.4 Å². The van der Waals surface area contributed by atoms with E-state index in [1.807, 2.05) is 0 Å². The fraction of sp³-hybridized carbons (Fsp3) is 0.344. The molecular formula is C32H37NO2Si. The highest BCUT2D eigenvalue weighted by atomic mass is 28.4. The average molecular weight is 496 g/mol. The summed E-state index contributed by atoms with van der Waals surface area (Å²) in [7, 11) is -2.10. The van der Waals surface area contributed by atoms with Crippen LogP contribution in [0.4, 0.5) is 0 Å². The Kier molecular flexibility index (Phi) is 6.20. The van der Waals surface area contributed by atoms with Crippen molar-refractivity contribution >= 4 is 35.8 Å². The summed E-state index contributed by atoms with van der Waals surface area (Å²) in [6.45, 7) is 16.5. The Bertz CT molecular complexity index is 1460. The second-order valence-electron chi connectivity index (χ2n) is 11.8. The number of ether oxygens (including phenoxy) is 1. The highest BCUT2D eigenvalue weighted by Crippen LogP contribution is 2.46. The summed E-state index contributed by atoms with van der Waals surface area (Å²) < 4.78 is 13.3. The Morgan fingerprint density at radius 3 is 2.00 bits per heavy atom. The largest absolute Gasteiger partial charge is 0.543 e. The van der Waals surface area contributed by atoms with Crippen molar-refractivity contribution < 1.29 is 9.16 Å². The number of nitrogens with zero attached hydrogens (tertiary/aromatic N) is 1. The normalized spacial score (nSPS) is 16.4. The molecule has 0 N–H and O–H groups in total. The second kappa shape index (κ2) is 9.08. The van der Waals surface area contributed by atoms with Gasteiger partial charge in [-0.2, -0.15) is 0 Å². The molecule has 4 heteroatoms. The number of rotatable bonds is 5. The van der Waals surface area contributed by atoms with Crippen molar-refractivity contribution in [3.05, 3.63) is 78.4 Å². The summed E-state index contributed by atoms with van der Waals surface area (Å²) in [5.41, 5.74) is 3.30. The third-order valence-electron chi connectivity index (χ3n) is 7.91. The van der Waals surface area contributed by atoms with E-state index in [9.17, 15) is 0 Å². The Balaban J connectivity index is 1.85. The molecule has 0 spiro atoms. The molecule has 3 nitrogen and oxygen atoms in total. The van der Waals surface area contributed by atoms with Crippen LogP contribution in [0.15, 0.2) is 77.8 Å². The molecule has 0 unspecified atom stereocenters. The van der Waals surface area contributed by atoms with E-state index in [0.717, 1.165) is 28.3 Å². The van der Waals surface area contributed by atoms with Crippen LogP contribution in [0, 0.1) is 5.92 Å². The van der Waals surface area contributed by atoms with Gasteiger partial charge < -0.3 is 9.16 Å². The Labute approximate surface area is 216 Å². The third kappa shape index (κ3) is 4.32. The zero-order chi connectivity index (χ0) is 25.7. The van der Waals surface area contributed by atoms with Crippen molar-refractivity contribution in [2.45, 2.75) is 58.8 Å². The summed E-state index contributed by atoms with van der Waals surface area (Å²) in [6, 6.07) is 26.1. The standard InChI is InChI=1S/C32H37NO2Si/c1-21(2)27-20-34-31(33-27)26-18-16-22-12-8-10-14-24(22)29(26)30-25-15-11-9-13-23(25)17-19-28(30)35-36(6,7)32(3,4)5/h8-19,21,27H,20H2,1-7H3/t27-/m1/s1. The van der Waals surface area contributed by atoms with Crippen molar-refractivity contribution in [2.75, 3.05) is 6.61 Å². The molecule has 1 aliphatic heterocycles. The molecule has 1 atom stereocenters. The highest BCUT2D eigenvalue weighted by Gasteiger charge is 2.40. The quantitative estimate of drug-likeness (QED) is 0.259. The minimum absolute atomic E-state index is 0.0840. The van der Waals surface area contributed by atoms with E-state index in [2.05, 4.69) is 121 Å². The topological polar surface area (TPSA) is 30.8 Å². The highest BCUT2D eigenvalue weighted by molar-refractivity contribution is 6.74. The molecule has 0 fully saturated rings. The molecule has 0 bridgehead atoms. The maximum atomic E-state index is 7.04.